The predicted molar refractivity (Wildman–Crippen MR) is 121 cm³/mol. The number of benzene rings is 2. The Balaban J connectivity index is 1.39. The molecule has 0 unspecified atom stereocenters. The first-order valence-corrected chi connectivity index (χ1v) is 10.6. The second kappa shape index (κ2) is 9.75. The van der Waals surface area contributed by atoms with E-state index >= 15 is 0 Å². The van der Waals surface area contributed by atoms with Crippen molar-refractivity contribution in [1.82, 2.24) is 20.4 Å². The fourth-order valence-corrected chi connectivity index (χ4v) is 4.13. The summed E-state index contributed by atoms with van der Waals surface area (Å²) in [6, 6.07) is 14.6. The number of aliphatic hydroxyl groups is 1. The van der Waals surface area contributed by atoms with Gasteiger partial charge in [-0.1, -0.05) is 48.5 Å². The molecule has 176 valence electrons. The predicted octanol–water partition coefficient (Wildman–Crippen LogP) is 1.63. The second-order valence-electron chi connectivity index (χ2n) is 7.87. The number of nitrogens with one attached hydrogen (secondary N) is 2. The largest absolute Gasteiger partial charge is 0.480 e. The van der Waals surface area contributed by atoms with Gasteiger partial charge >= 0.3 is 12.1 Å². The highest BCUT2D eigenvalue weighted by Crippen LogP contribution is 2.44. The number of carboxylic acid groups (broad SMARTS) is 1. The normalized spacial score (nSPS) is 13.0. The molecule has 0 aliphatic heterocycles. The molecule has 2 amide bonds. The smallest absolute Gasteiger partial charge is 0.407 e. The Kier molecular flexibility index (Phi) is 6.60. The van der Waals surface area contributed by atoms with E-state index in [2.05, 4.69) is 27.9 Å². The van der Waals surface area contributed by atoms with E-state index in [1.165, 1.54) is 17.9 Å². The summed E-state index contributed by atoms with van der Waals surface area (Å²) in [5, 5.41) is 27.0. The topological polar surface area (TPSA) is 143 Å². The van der Waals surface area contributed by atoms with E-state index in [0.29, 0.717) is 5.56 Å². The van der Waals surface area contributed by atoms with E-state index in [4.69, 9.17) is 14.9 Å². The summed E-state index contributed by atoms with van der Waals surface area (Å²) in [4.78, 5) is 36.0. The van der Waals surface area contributed by atoms with Crippen LogP contribution in [-0.2, 0) is 23.1 Å². The van der Waals surface area contributed by atoms with E-state index in [-0.39, 0.29) is 24.8 Å². The van der Waals surface area contributed by atoms with Gasteiger partial charge in [0.15, 0.2) is 6.04 Å². The lowest BCUT2D eigenvalue weighted by Gasteiger charge is -2.15. The number of carbonyl (C=O) groups is 3. The number of aliphatic hydroxyl groups excluding tert-OH is 1. The first-order valence-electron chi connectivity index (χ1n) is 10.6. The number of alkyl carbamates (subject to hydrolysis) is 1. The third kappa shape index (κ3) is 4.48. The molecule has 2 aromatic carbocycles. The van der Waals surface area contributed by atoms with Gasteiger partial charge in [0, 0.05) is 18.5 Å². The molecular weight excluding hydrogens is 440 g/mol. The first-order chi connectivity index (χ1) is 16.4. The number of fused-ring (bicyclic) bond motifs is 3. The molecule has 0 fully saturated rings. The molecule has 1 aliphatic rings. The van der Waals surface area contributed by atoms with Crippen molar-refractivity contribution in [1.29, 1.82) is 0 Å². The Morgan fingerprint density at radius 3 is 2.29 bits per heavy atom. The van der Waals surface area contributed by atoms with Gasteiger partial charge in [-0.3, -0.25) is 9.48 Å². The molecular formula is C24H24N4O6. The standard InChI is InChI=1S/C24H24N4O6/c1-28-21(22(30)27-20(12-29)23(31)32)14(11-26-28)10-25-24(33)34-13-19-17-8-4-2-6-15(17)16-7-3-5-9-18(16)19/h2-9,11,19-20,29H,10,12-13H2,1H3,(H,25,33)(H,27,30)(H,31,32)/t20-/m0/s1. The fourth-order valence-electron chi connectivity index (χ4n) is 4.13. The lowest BCUT2D eigenvalue weighted by molar-refractivity contribution is -0.140. The van der Waals surface area contributed by atoms with Crippen molar-refractivity contribution in [2.75, 3.05) is 13.2 Å². The maximum atomic E-state index is 12.5. The van der Waals surface area contributed by atoms with Gasteiger partial charge in [0.05, 0.1) is 19.3 Å². The highest BCUT2D eigenvalue weighted by Gasteiger charge is 2.29. The van der Waals surface area contributed by atoms with Gasteiger partial charge in [-0.25, -0.2) is 9.59 Å². The maximum Gasteiger partial charge on any atom is 0.407 e. The van der Waals surface area contributed by atoms with Gasteiger partial charge in [0.25, 0.3) is 5.91 Å². The Labute approximate surface area is 195 Å². The van der Waals surface area contributed by atoms with Gasteiger partial charge in [-0.2, -0.15) is 5.10 Å². The molecule has 4 N–H and O–H groups in total. The van der Waals surface area contributed by atoms with Crippen molar-refractivity contribution in [2.45, 2.75) is 18.5 Å². The number of carboxylic acids is 1. The van der Waals surface area contributed by atoms with E-state index < -0.39 is 30.6 Å². The summed E-state index contributed by atoms with van der Waals surface area (Å²) >= 11 is 0. The van der Waals surface area contributed by atoms with Crippen molar-refractivity contribution >= 4 is 18.0 Å². The lowest BCUT2D eigenvalue weighted by atomic mass is 9.98. The molecule has 0 saturated heterocycles. The monoisotopic (exact) mass is 464 g/mol. The van der Waals surface area contributed by atoms with Gasteiger partial charge in [-0.05, 0) is 22.3 Å². The van der Waals surface area contributed by atoms with Crippen molar-refractivity contribution in [3.63, 3.8) is 0 Å². The molecule has 1 atom stereocenters. The molecule has 1 heterocycles. The Bertz CT molecular complexity index is 1190. The minimum Gasteiger partial charge on any atom is -0.480 e. The van der Waals surface area contributed by atoms with Crippen LogP contribution < -0.4 is 10.6 Å². The quantitative estimate of drug-likeness (QED) is 0.397. The molecule has 1 aromatic heterocycles. The number of hydrogen-bond donors (Lipinski definition) is 4. The average Bonchev–Trinajstić information content (AvgIpc) is 3.37. The Morgan fingerprint density at radius 1 is 1.09 bits per heavy atom. The van der Waals surface area contributed by atoms with Crippen LogP contribution in [0.25, 0.3) is 11.1 Å². The lowest BCUT2D eigenvalue weighted by Crippen LogP contribution is -2.44. The van der Waals surface area contributed by atoms with Crippen molar-refractivity contribution in [2.24, 2.45) is 7.05 Å². The molecule has 3 aromatic rings. The molecule has 0 spiro atoms. The highest BCUT2D eigenvalue weighted by atomic mass is 16.5. The van der Waals surface area contributed by atoms with E-state index in [1.54, 1.807) is 0 Å². The van der Waals surface area contributed by atoms with Crippen molar-refractivity contribution < 1.29 is 29.3 Å². The van der Waals surface area contributed by atoms with Crippen LogP contribution >= 0.6 is 0 Å². The third-order valence-corrected chi connectivity index (χ3v) is 5.78. The first kappa shape index (κ1) is 23.0. The number of aromatic nitrogens is 2. The molecule has 0 bridgehead atoms. The number of carbonyl (C=O) groups excluding carboxylic acids is 2. The van der Waals surface area contributed by atoms with Crippen LogP contribution in [0.15, 0.2) is 54.7 Å². The van der Waals surface area contributed by atoms with E-state index in [9.17, 15) is 14.4 Å². The SMILES string of the molecule is Cn1ncc(CNC(=O)OCC2c3ccccc3-c3ccccc32)c1C(=O)N[C@@H](CO)C(=O)O. The Morgan fingerprint density at radius 2 is 1.71 bits per heavy atom. The average molecular weight is 464 g/mol. The van der Waals surface area contributed by atoms with Crippen LogP contribution in [0, 0.1) is 0 Å². The molecule has 4 rings (SSSR count). The summed E-state index contributed by atoms with van der Waals surface area (Å²) in [6.45, 7) is -0.659. The number of ether oxygens (including phenoxy) is 1. The minimum absolute atomic E-state index is 0.0515. The van der Waals surface area contributed by atoms with Crippen LogP contribution in [0.3, 0.4) is 0 Å². The van der Waals surface area contributed by atoms with Crippen molar-refractivity contribution in [3.8, 4) is 11.1 Å². The Hall–Kier alpha value is -4.18. The summed E-state index contributed by atoms with van der Waals surface area (Å²) in [5.41, 5.74) is 4.88. The molecule has 0 saturated carbocycles. The van der Waals surface area contributed by atoms with E-state index in [1.807, 2.05) is 36.4 Å². The molecule has 10 nitrogen and oxygen atoms in total. The summed E-state index contributed by atoms with van der Waals surface area (Å²) in [6.07, 6.45) is 0.740. The highest BCUT2D eigenvalue weighted by molar-refractivity contribution is 5.96. The number of rotatable bonds is 8. The fraction of sp³-hybridized carbons (Fsp3) is 0.250. The number of hydrogen-bond acceptors (Lipinski definition) is 6. The second-order valence-corrected chi connectivity index (χ2v) is 7.87. The zero-order valence-corrected chi connectivity index (χ0v) is 18.4. The maximum absolute atomic E-state index is 12.5. The van der Waals surface area contributed by atoms with Crippen LogP contribution in [0.2, 0.25) is 0 Å². The summed E-state index contributed by atoms with van der Waals surface area (Å²) < 4.78 is 6.76. The van der Waals surface area contributed by atoms with Crippen LogP contribution in [-0.4, -0.2) is 57.2 Å². The number of aryl methyl sites for hydroxylation is 1. The number of nitrogens with zero attached hydrogens (tertiary/aromatic N) is 2. The van der Waals surface area contributed by atoms with Crippen LogP contribution in [0.1, 0.15) is 33.1 Å². The zero-order chi connectivity index (χ0) is 24.2. The van der Waals surface area contributed by atoms with Gasteiger partial charge in [-0.15, -0.1) is 0 Å². The van der Waals surface area contributed by atoms with Crippen molar-refractivity contribution in [3.05, 3.63) is 77.1 Å². The summed E-state index contributed by atoms with van der Waals surface area (Å²) in [5.74, 6) is -2.17. The van der Waals surface area contributed by atoms with Gasteiger partial charge < -0.3 is 25.6 Å². The molecule has 1 aliphatic carbocycles. The van der Waals surface area contributed by atoms with E-state index in [0.717, 1.165) is 22.3 Å². The number of aliphatic carboxylic acids is 1. The zero-order valence-electron chi connectivity index (χ0n) is 18.4. The number of amides is 2. The molecule has 0 radical (unpaired) electrons. The van der Waals surface area contributed by atoms with Crippen LogP contribution in [0.5, 0.6) is 0 Å². The molecule has 10 heteroatoms. The van der Waals surface area contributed by atoms with Gasteiger partial charge in [0.2, 0.25) is 0 Å². The third-order valence-electron chi connectivity index (χ3n) is 5.78. The molecule has 34 heavy (non-hydrogen) atoms. The van der Waals surface area contributed by atoms with Crippen LogP contribution in [0.4, 0.5) is 4.79 Å². The summed E-state index contributed by atoms with van der Waals surface area (Å²) in [7, 11) is 1.51. The van der Waals surface area contributed by atoms with Gasteiger partial charge in [0.1, 0.15) is 12.3 Å². The minimum atomic E-state index is -1.45.